The number of nitrogens with zero attached hydrogens (tertiary/aromatic N) is 1. The number of nitrogens with two attached hydrogens (primary N) is 1. The van der Waals surface area contributed by atoms with Gasteiger partial charge in [0.15, 0.2) is 0 Å². The topological polar surface area (TPSA) is 38.5 Å². The van der Waals surface area contributed by atoms with Crippen molar-refractivity contribution >= 4 is 0 Å². The minimum absolute atomic E-state index is 0.0304. The van der Waals surface area contributed by atoms with Crippen molar-refractivity contribution in [2.45, 2.75) is 50.9 Å². The van der Waals surface area contributed by atoms with Crippen LogP contribution in [-0.2, 0) is 4.74 Å². The molecule has 0 aliphatic carbocycles. The molecule has 2 rings (SSSR count). The average molecular weight is 198 g/mol. The Labute approximate surface area is 86.6 Å². The normalized spacial score (nSPS) is 33.6. The second-order valence-corrected chi connectivity index (χ2v) is 5.46. The summed E-state index contributed by atoms with van der Waals surface area (Å²) in [6.07, 6.45) is 4.61. The van der Waals surface area contributed by atoms with Crippen molar-refractivity contribution in [2.75, 3.05) is 19.6 Å². The van der Waals surface area contributed by atoms with E-state index in [2.05, 4.69) is 18.7 Å². The van der Waals surface area contributed by atoms with Gasteiger partial charge in [0, 0.05) is 25.2 Å². The van der Waals surface area contributed by atoms with Crippen LogP contribution in [0.1, 0.15) is 33.1 Å². The van der Waals surface area contributed by atoms with Crippen LogP contribution in [0.3, 0.4) is 0 Å². The number of hydrogen-bond acceptors (Lipinski definition) is 3. The van der Waals surface area contributed by atoms with Gasteiger partial charge in [-0.05, 0) is 33.1 Å². The molecule has 2 aliphatic rings. The molecule has 2 unspecified atom stereocenters. The third-order valence-corrected chi connectivity index (χ3v) is 3.19. The van der Waals surface area contributed by atoms with Crippen molar-refractivity contribution in [3.05, 3.63) is 0 Å². The number of ether oxygens (including phenoxy) is 1. The molecule has 2 heterocycles. The lowest BCUT2D eigenvalue weighted by molar-refractivity contribution is -0.0395. The second kappa shape index (κ2) is 3.80. The van der Waals surface area contributed by atoms with Crippen LogP contribution < -0.4 is 5.73 Å². The van der Waals surface area contributed by atoms with Crippen molar-refractivity contribution in [3.63, 3.8) is 0 Å². The predicted molar refractivity (Wildman–Crippen MR) is 57.2 cm³/mol. The van der Waals surface area contributed by atoms with E-state index in [-0.39, 0.29) is 5.54 Å². The summed E-state index contributed by atoms with van der Waals surface area (Å²) in [6.45, 7) is 7.56. The van der Waals surface area contributed by atoms with Gasteiger partial charge in [-0.1, -0.05) is 0 Å². The van der Waals surface area contributed by atoms with Crippen LogP contribution in [0.5, 0.6) is 0 Å². The van der Waals surface area contributed by atoms with E-state index in [1.807, 2.05) is 0 Å². The van der Waals surface area contributed by atoms with Gasteiger partial charge in [0.1, 0.15) is 0 Å². The monoisotopic (exact) mass is 198 g/mol. The Morgan fingerprint density at radius 3 is 2.36 bits per heavy atom. The highest BCUT2D eigenvalue weighted by atomic mass is 16.5. The van der Waals surface area contributed by atoms with Crippen molar-refractivity contribution in [2.24, 2.45) is 5.73 Å². The standard InChI is InChI=1S/C11H22N2O/c1-11(2,12)5-6-13-7-9-3-4-10(8-13)14-9/h9-10H,3-8,12H2,1-2H3. The van der Waals surface area contributed by atoms with E-state index in [0.29, 0.717) is 12.2 Å². The molecular weight excluding hydrogens is 176 g/mol. The molecule has 2 atom stereocenters. The molecule has 82 valence electrons. The summed E-state index contributed by atoms with van der Waals surface area (Å²) >= 11 is 0. The predicted octanol–water partition coefficient (Wildman–Crippen LogP) is 0.977. The summed E-state index contributed by atoms with van der Waals surface area (Å²) in [6, 6.07) is 0. The van der Waals surface area contributed by atoms with Crippen molar-refractivity contribution in [1.82, 2.24) is 4.90 Å². The highest BCUT2D eigenvalue weighted by Gasteiger charge is 2.33. The van der Waals surface area contributed by atoms with E-state index >= 15 is 0 Å². The number of likely N-dealkylation sites (tertiary alicyclic amines) is 1. The molecule has 0 saturated carbocycles. The van der Waals surface area contributed by atoms with Crippen molar-refractivity contribution < 1.29 is 4.74 Å². The molecule has 3 heteroatoms. The van der Waals surface area contributed by atoms with Gasteiger partial charge in [-0.3, -0.25) is 4.90 Å². The summed E-state index contributed by atoms with van der Waals surface area (Å²) in [4.78, 5) is 2.51. The maximum Gasteiger partial charge on any atom is 0.0707 e. The zero-order valence-electron chi connectivity index (χ0n) is 9.33. The van der Waals surface area contributed by atoms with Gasteiger partial charge in [0.05, 0.1) is 12.2 Å². The number of fused-ring (bicyclic) bond motifs is 2. The zero-order valence-corrected chi connectivity index (χ0v) is 9.33. The van der Waals surface area contributed by atoms with Crippen LogP contribution in [0.4, 0.5) is 0 Å². The van der Waals surface area contributed by atoms with Gasteiger partial charge >= 0.3 is 0 Å². The maximum absolute atomic E-state index is 5.98. The van der Waals surface area contributed by atoms with E-state index in [0.717, 1.165) is 26.1 Å². The fourth-order valence-corrected chi connectivity index (χ4v) is 2.33. The first-order valence-corrected chi connectivity index (χ1v) is 5.70. The number of hydrogen-bond donors (Lipinski definition) is 1. The highest BCUT2D eigenvalue weighted by molar-refractivity contribution is 4.86. The van der Waals surface area contributed by atoms with E-state index in [4.69, 9.17) is 10.5 Å². The molecule has 2 fully saturated rings. The van der Waals surface area contributed by atoms with Crippen LogP contribution in [0, 0.1) is 0 Å². The highest BCUT2D eigenvalue weighted by Crippen LogP contribution is 2.26. The minimum Gasteiger partial charge on any atom is -0.372 e. The Kier molecular flexibility index (Phi) is 2.82. The van der Waals surface area contributed by atoms with Gasteiger partial charge in [-0.2, -0.15) is 0 Å². The fraction of sp³-hybridized carbons (Fsp3) is 1.00. The van der Waals surface area contributed by atoms with Crippen LogP contribution >= 0.6 is 0 Å². The van der Waals surface area contributed by atoms with Gasteiger partial charge in [-0.15, -0.1) is 0 Å². The van der Waals surface area contributed by atoms with Gasteiger partial charge < -0.3 is 10.5 Å². The molecule has 0 amide bonds. The lowest BCUT2D eigenvalue weighted by Crippen LogP contribution is -2.45. The smallest absolute Gasteiger partial charge is 0.0707 e. The van der Waals surface area contributed by atoms with E-state index in [9.17, 15) is 0 Å². The third kappa shape index (κ3) is 2.69. The fourth-order valence-electron chi connectivity index (χ4n) is 2.33. The van der Waals surface area contributed by atoms with Crippen LogP contribution in [0.15, 0.2) is 0 Å². The second-order valence-electron chi connectivity index (χ2n) is 5.46. The average Bonchev–Trinajstić information content (AvgIpc) is 2.41. The first kappa shape index (κ1) is 10.4. The maximum atomic E-state index is 5.98. The Morgan fingerprint density at radius 2 is 1.86 bits per heavy atom. The lowest BCUT2D eigenvalue weighted by atomic mass is 10.0. The first-order chi connectivity index (χ1) is 6.53. The molecule has 0 radical (unpaired) electrons. The molecule has 0 aromatic heterocycles. The van der Waals surface area contributed by atoms with Crippen LogP contribution in [-0.4, -0.2) is 42.3 Å². The molecule has 0 aromatic rings. The molecule has 2 aliphatic heterocycles. The Morgan fingerprint density at radius 1 is 1.29 bits per heavy atom. The minimum atomic E-state index is -0.0304. The third-order valence-electron chi connectivity index (χ3n) is 3.19. The Hall–Kier alpha value is -0.120. The van der Waals surface area contributed by atoms with Gasteiger partial charge in [0.25, 0.3) is 0 Å². The first-order valence-electron chi connectivity index (χ1n) is 5.70. The number of morpholine rings is 1. The van der Waals surface area contributed by atoms with Crippen molar-refractivity contribution in [1.29, 1.82) is 0 Å². The molecule has 0 aromatic carbocycles. The van der Waals surface area contributed by atoms with Crippen LogP contribution in [0.2, 0.25) is 0 Å². The van der Waals surface area contributed by atoms with Crippen LogP contribution in [0.25, 0.3) is 0 Å². The number of rotatable bonds is 3. The zero-order chi connectivity index (χ0) is 10.2. The summed E-state index contributed by atoms with van der Waals surface area (Å²) in [5, 5.41) is 0. The molecule has 0 spiro atoms. The summed E-state index contributed by atoms with van der Waals surface area (Å²) in [5.41, 5.74) is 5.95. The molecule has 2 saturated heterocycles. The van der Waals surface area contributed by atoms with Gasteiger partial charge in [-0.25, -0.2) is 0 Å². The van der Waals surface area contributed by atoms with E-state index in [1.54, 1.807) is 0 Å². The largest absolute Gasteiger partial charge is 0.372 e. The summed E-state index contributed by atoms with van der Waals surface area (Å²) in [5.74, 6) is 0. The summed E-state index contributed by atoms with van der Waals surface area (Å²) < 4.78 is 5.79. The lowest BCUT2D eigenvalue weighted by Gasteiger charge is -2.33. The van der Waals surface area contributed by atoms with Crippen molar-refractivity contribution in [3.8, 4) is 0 Å². The Bertz CT molecular complexity index is 188. The molecule has 3 nitrogen and oxygen atoms in total. The SMILES string of the molecule is CC(C)(N)CCN1CC2CCC(C1)O2. The van der Waals surface area contributed by atoms with Gasteiger partial charge in [0.2, 0.25) is 0 Å². The van der Waals surface area contributed by atoms with E-state index < -0.39 is 0 Å². The quantitative estimate of drug-likeness (QED) is 0.734. The summed E-state index contributed by atoms with van der Waals surface area (Å²) in [7, 11) is 0. The molecule has 14 heavy (non-hydrogen) atoms. The Balaban J connectivity index is 1.77. The molecular formula is C11H22N2O. The molecule has 2 N–H and O–H groups in total. The molecule has 2 bridgehead atoms. The van der Waals surface area contributed by atoms with E-state index in [1.165, 1.54) is 12.8 Å².